The van der Waals surface area contributed by atoms with Crippen molar-refractivity contribution in [2.24, 2.45) is 10.9 Å². The topological polar surface area (TPSA) is 48.9 Å². The Kier molecular flexibility index (Phi) is 10.7. The largest absolute Gasteiger partial charge is 0.381 e. The van der Waals surface area contributed by atoms with Crippen LogP contribution in [0, 0.1) is 5.92 Å². The van der Waals surface area contributed by atoms with Gasteiger partial charge in [0.2, 0.25) is 0 Å². The van der Waals surface area contributed by atoms with E-state index < -0.39 is 0 Å². The lowest BCUT2D eigenvalue weighted by molar-refractivity contribution is 0.129. The third-order valence-electron chi connectivity index (χ3n) is 4.74. The van der Waals surface area contributed by atoms with Crippen LogP contribution in [-0.4, -0.2) is 57.3 Å². The van der Waals surface area contributed by atoms with E-state index in [1.807, 2.05) is 18.4 Å². The third-order valence-corrected chi connectivity index (χ3v) is 5.61. The Hall–Kier alpha value is -1.11. The highest BCUT2D eigenvalue weighted by molar-refractivity contribution is 7.09. The fourth-order valence-corrected chi connectivity index (χ4v) is 4.02. The summed E-state index contributed by atoms with van der Waals surface area (Å²) in [5, 5.41) is 9.07. The van der Waals surface area contributed by atoms with E-state index in [1.54, 1.807) is 0 Å². The standard InChI is InChI=1S/C20H36N4OS/c1-3-4-12-25-13-7-10-22-20(21-2)23-15-18-8-5-11-24(16-18)17-19-9-6-14-26-19/h6,9,14,18H,3-5,7-8,10-13,15-17H2,1-2H3,(H2,21,22,23). The summed E-state index contributed by atoms with van der Waals surface area (Å²) in [5.74, 6) is 1.61. The number of nitrogens with zero attached hydrogens (tertiary/aromatic N) is 2. The summed E-state index contributed by atoms with van der Waals surface area (Å²) in [6, 6.07) is 4.39. The van der Waals surface area contributed by atoms with Crippen LogP contribution in [0.5, 0.6) is 0 Å². The Balaban J connectivity index is 1.58. The zero-order chi connectivity index (χ0) is 18.5. The van der Waals surface area contributed by atoms with Crippen LogP contribution < -0.4 is 10.6 Å². The zero-order valence-corrected chi connectivity index (χ0v) is 17.3. The first kappa shape index (κ1) is 21.2. The number of hydrogen-bond donors (Lipinski definition) is 2. The van der Waals surface area contributed by atoms with Gasteiger partial charge in [-0.05, 0) is 49.6 Å². The van der Waals surface area contributed by atoms with E-state index >= 15 is 0 Å². The number of ether oxygens (including phenoxy) is 1. The summed E-state index contributed by atoms with van der Waals surface area (Å²) in [6.45, 7) is 9.28. The highest BCUT2D eigenvalue weighted by Gasteiger charge is 2.20. The number of nitrogens with one attached hydrogen (secondary N) is 2. The van der Waals surface area contributed by atoms with E-state index in [-0.39, 0.29) is 0 Å². The normalized spacial score (nSPS) is 18.8. The Bertz CT molecular complexity index is 492. The minimum atomic E-state index is 0.694. The molecule has 1 aliphatic rings. The average Bonchev–Trinajstić information content (AvgIpc) is 3.17. The number of piperidine rings is 1. The van der Waals surface area contributed by atoms with Crippen molar-refractivity contribution in [3.8, 4) is 0 Å². The van der Waals surface area contributed by atoms with E-state index in [2.05, 4.69) is 45.0 Å². The Morgan fingerprint density at radius 2 is 2.23 bits per heavy atom. The van der Waals surface area contributed by atoms with Gasteiger partial charge in [-0.25, -0.2) is 0 Å². The average molecular weight is 381 g/mol. The van der Waals surface area contributed by atoms with Crippen LogP contribution in [0.1, 0.15) is 43.9 Å². The van der Waals surface area contributed by atoms with Crippen molar-refractivity contribution in [1.29, 1.82) is 0 Å². The molecule has 1 unspecified atom stereocenters. The maximum Gasteiger partial charge on any atom is 0.190 e. The van der Waals surface area contributed by atoms with E-state index in [4.69, 9.17) is 4.74 Å². The Morgan fingerprint density at radius 1 is 1.35 bits per heavy atom. The van der Waals surface area contributed by atoms with E-state index in [9.17, 15) is 0 Å². The van der Waals surface area contributed by atoms with E-state index in [0.29, 0.717) is 5.92 Å². The summed E-state index contributed by atoms with van der Waals surface area (Å²) < 4.78 is 5.59. The molecule has 2 heterocycles. The summed E-state index contributed by atoms with van der Waals surface area (Å²) in [6.07, 6.45) is 5.96. The molecule has 0 aliphatic carbocycles. The molecule has 0 aromatic carbocycles. The minimum Gasteiger partial charge on any atom is -0.381 e. The molecule has 1 saturated heterocycles. The lowest BCUT2D eigenvalue weighted by Crippen LogP contribution is -2.44. The molecule has 0 amide bonds. The molecule has 2 N–H and O–H groups in total. The molecule has 0 saturated carbocycles. The van der Waals surface area contributed by atoms with Crippen LogP contribution in [0.2, 0.25) is 0 Å². The fraction of sp³-hybridized carbons (Fsp3) is 0.750. The second-order valence-electron chi connectivity index (χ2n) is 7.02. The molecule has 5 nitrogen and oxygen atoms in total. The van der Waals surface area contributed by atoms with Crippen molar-refractivity contribution in [2.45, 2.75) is 45.6 Å². The molecular weight excluding hydrogens is 344 g/mol. The van der Waals surface area contributed by atoms with Crippen molar-refractivity contribution in [2.75, 3.05) is 46.4 Å². The van der Waals surface area contributed by atoms with Gasteiger partial charge in [0.05, 0.1) is 0 Å². The molecule has 6 heteroatoms. The molecule has 1 atom stereocenters. The second kappa shape index (κ2) is 13.1. The highest BCUT2D eigenvalue weighted by Crippen LogP contribution is 2.19. The Labute approximate surface area is 163 Å². The molecule has 1 aromatic heterocycles. The van der Waals surface area contributed by atoms with Gasteiger partial charge in [-0.15, -0.1) is 11.3 Å². The third kappa shape index (κ3) is 8.52. The number of aliphatic imine (C=N–C) groups is 1. The first-order valence-corrected chi connectivity index (χ1v) is 11.0. The number of rotatable bonds is 11. The maximum absolute atomic E-state index is 5.59. The van der Waals surface area contributed by atoms with Crippen molar-refractivity contribution >= 4 is 17.3 Å². The lowest BCUT2D eigenvalue weighted by atomic mass is 9.98. The smallest absolute Gasteiger partial charge is 0.190 e. The van der Waals surface area contributed by atoms with Crippen LogP contribution in [-0.2, 0) is 11.3 Å². The second-order valence-corrected chi connectivity index (χ2v) is 8.05. The number of unbranched alkanes of at least 4 members (excludes halogenated alkanes) is 1. The van der Waals surface area contributed by atoms with Gasteiger partial charge < -0.3 is 15.4 Å². The first-order chi connectivity index (χ1) is 12.8. The first-order valence-electron chi connectivity index (χ1n) is 10.1. The number of hydrogen-bond acceptors (Lipinski definition) is 4. The van der Waals surface area contributed by atoms with Crippen molar-refractivity contribution < 1.29 is 4.74 Å². The SMILES string of the molecule is CCCCOCCCNC(=NC)NCC1CCCN(Cc2cccs2)C1. The van der Waals surface area contributed by atoms with Gasteiger partial charge in [-0.1, -0.05) is 19.4 Å². The lowest BCUT2D eigenvalue weighted by Gasteiger charge is -2.32. The van der Waals surface area contributed by atoms with Gasteiger partial charge in [-0.2, -0.15) is 0 Å². The van der Waals surface area contributed by atoms with Crippen molar-refractivity contribution in [3.63, 3.8) is 0 Å². The molecule has 0 spiro atoms. The van der Waals surface area contributed by atoms with Gasteiger partial charge in [-0.3, -0.25) is 9.89 Å². The van der Waals surface area contributed by atoms with Crippen LogP contribution in [0.15, 0.2) is 22.5 Å². The van der Waals surface area contributed by atoms with Crippen molar-refractivity contribution in [1.82, 2.24) is 15.5 Å². The maximum atomic E-state index is 5.59. The molecule has 0 bridgehead atoms. The minimum absolute atomic E-state index is 0.694. The summed E-state index contributed by atoms with van der Waals surface area (Å²) in [4.78, 5) is 8.40. The molecule has 148 valence electrons. The van der Waals surface area contributed by atoms with Crippen LogP contribution in [0.3, 0.4) is 0 Å². The predicted octanol–water partition coefficient (Wildman–Crippen LogP) is 3.33. The van der Waals surface area contributed by atoms with Crippen LogP contribution >= 0.6 is 11.3 Å². The molecule has 1 aromatic rings. The van der Waals surface area contributed by atoms with Crippen molar-refractivity contribution in [3.05, 3.63) is 22.4 Å². The monoisotopic (exact) mass is 380 g/mol. The predicted molar refractivity (Wildman–Crippen MR) is 112 cm³/mol. The molecule has 0 radical (unpaired) electrons. The molecule has 1 fully saturated rings. The van der Waals surface area contributed by atoms with Crippen LogP contribution in [0.4, 0.5) is 0 Å². The zero-order valence-electron chi connectivity index (χ0n) is 16.5. The summed E-state index contributed by atoms with van der Waals surface area (Å²) in [7, 11) is 1.84. The van der Waals surface area contributed by atoms with Gasteiger partial charge in [0.25, 0.3) is 0 Å². The highest BCUT2D eigenvalue weighted by atomic mass is 32.1. The summed E-state index contributed by atoms with van der Waals surface area (Å²) >= 11 is 1.86. The Morgan fingerprint density at radius 3 is 3.00 bits per heavy atom. The van der Waals surface area contributed by atoms with Gasteiger partial charge >= 0.3 is 0 Å². The molecule has 26 heavy (non-hydrogen) atoms. The molecule has 1 aliphatic heterocycles. The number of guanidine groups is 1. The van der Waals surface area contributed by atoms with Gasteiger partial charge in [0.15, 0.2) is 5.96 Å². The molecule has 2 rings (SSSR count). The van der Waals surface area contributed by atoms with Gasteiger partial charge in [0.1, 0.15) is 0 Å². The van der Waals surface area contributed by atoms with Crippen LogP contribution in [0.25, 0.3) is 0 Å². The summed E-state index contributed by atoms with van der Waals surface area (Å²) in [5.41, 5.74) is 0. The number of likely N-dealkylation sites (tertiary alicyclic amines) is 1. The number of thiophene rings is 1. The van der Waals surface area contributed by atoms with Gasteiger partial charge in [0, 0.05) is 51.3 Å². The quantitative estimate of drug-likeness (QED) is 0.351. The van der Waals surface area contributed by atoms with E-state index in [1.165, 1.54) is 37.2 Å². The van der Waals surface area contributed by atoms with E-state index in [0.717, 1.165) is 51.6 Å². The molecular formula is C20H36N4OS. The fourth-order valence-electron chi connectivity index (χ4n) is 3.28.